The van der Waals surface area contributed by atoms with Gasteiger partial charge in [0.1, 0.15) is 33.6 Å². The van der Waals surface area contributed by atoms with Gasteiger partial charge in [0.15, 0.2) is 5.76 Å². The van der Waals surface area contributed by atoms with Crippen molar-refractivity contribution in [2.75, 3.05) is 39.8 Å². The van der Waals surface area contributed by atoms with E-state index in [-0.39, 0.29) is 12.5 Å². The van der Waals surface area contributed by atoms with Gasteiger partial charge in [0.2, 0.25) is 10.8 Å². The maximum atomic E-state index is 13.0. The largest absolute Gasteiger partial charge is 0.497 e. The van der Waals surface area contributed by atoms with Crippen molar-refractivity contribution < 1.29 is 18.7 Å². The fourth-order valence-electron chi connectivity index (χ4n) is 5.46. The summed E-state index contributed by atoms with van der Waals surface area (Å²) < 4.78 is 19.8. The first-order valence-corrected chi connectivity index (χ1v) is 16.2. The summed E-state index contributed by atoms with van der Waals surface area (Å²) in [6, 6.07) is 13.5. The Morgan fingerprint density at radius 2 is 1.82 bits per heavy atom. The van der Waals surface area contributed by atoms with E-state index in [1.54, 1.807) is 23.0 Å². The maximum absolute atomic E-state index is 13.0. The number of benzene rings is 2. The number of nitrogens with zero attached hydrogens (tertiary/aromatic N) is 6. The molecule has 4 aromatic heterocycles. The van der Waals surface area contributed by atoms with Gasteiger partial charge >= 0.3 is 0 Å². The molecule has 10 nitrogen and oxygen atoms in total. The average molecular weight is 629 g/mol. The molecule has 1 aliphatic heterocycles. The van der Waals surface area contributed by atoms with Gasteiger partial charge in [-0.15, -0.1) is 11.3 Å². The standard InChI is InChI=1S/C32H32N6O4S2/c1-5-36-10-12-37(13-11-36)31(39)22-8-6-21(7-9-22)30-34-29(19(2)43-30)41-18-23-14-24(40-4)15-27-25(23)16-28(42-27)26-17-38-32(33-26)44-20(3)35-38/h6-9,14-17H,5,10-13,18H2,1-4H3. The van der Waals surface area contributed by atoms with Crippen molar-refractivity contribution >= 4 is 44.5 Å². The van der Waals surface area contributed by atoms with E-state index in [0.29, 0.717) is 28.5 Å². The molecule has 2 aromatic carbocycles. The summed E-state index contributed by atoms with van der Waals surface area (Å²) in [5.41, 5.74) is 3.98. The molecule has 0 aliphatic carbocycles. The van der Waals surface area contributed by atoms with Crippen LogP contribution in [0.5, 0.6) is 11.6 Å². The Morgan fingerprint density at radius 3 is 2.55 bits per heavy atom. The van der Waals surface area contributed by atoms with Crippen molar-refractivity contribution in [3.8, 4) is 33.7 Å². The number of furan rings is 1. The predicted molar refractivity (Wildman–Crippen MR) is 172 cm³/mol. The molecule has 7 rings (SSSR count). The van der Waals surface area contributed by atoms with Crippen LogP contribution in [0.4, 0.5) is 0 Å². The van der Waals surface area contributed by atoms with E-state index in [2.05, 4.69) is 21.9 Å². The molecule has 0 spiro atoms. The lowest BCUT2D eigenvalue weighted by Crippen LogP contribution is -2.48. The van der Waals surface area contributed by atoms with Crippen LogP contribution in [0, 0.1) is 13.8 Å². The summed E-state index contributed by atoms with van der Waals surface area (Å²) in [4.78, 5) is 28.6. The minimum atomic E-state index is 0.0816. The number of imidazole rings is 1. The topological polar surface area (TPSA) is 98.2 Å². The fourth-order valence-corrected chi connectivity index (χ4v) is 7.05. The van der Waals surface area contributed by atoms with E-state index in [1.165, 1.54) is 11.3 Å². The van der Waals surface area contributed by atoms with Crippen molar-refractivity contribution in [2.24, 2.45) is 0 Å². The average Bonchev–Trinajstić information content (AvgIpc) is 3.82. The number of rotatable bonds is 8. The Kier molecular flexibility index (Phi) is 7.57. The molecule has 0 radical (unpaired) electrons. The van der Waals surface area contributed by atoms with Crippen LogP contribution in [-0.2, 0) is 6.61 Å². The van der Waals surface area contributed by atoms with Crippen molar-refractivity contribution in [2.45, 2.75) is 27.4 Å². The summed E-state index contributed by atoms with van der Waals surface area (Å²) >= 11 is 3.10. The highest BCUT2D eigenvalue weighted by Crippen LogP contribution is 2.36. The van der Waals surface area contributed by atoms with Crippen molar-refractivity contribution in [3.05, 3.63) is 69.7 Å². The van der Waals surface area contributed by atoms with Crippen LogP contribution in [0.25, 0.3) is 38.0 Å². The molecule has 226 valence electrons. The quantitative estimate of drug-likeness (QED) is 0.194. The van der Waals surface area contributed by atoms with Gasteiger partial charge in [-0.05, 0) is 44.7 Å². The number of amides is 1. The van der Waals surface area contributed by atoms with E-state index in [0.717, 1.165) is 74.8 Å². The normalized spacial score (nSPS) is 14.1. The summed E-state index contributed by atoms with van der Waals surface area (Å²) in [7, 11) is 1.63. The van der Waals surface area contributed by atoms with E-state index < -0.39 is 0 Å². The molecule has 44 heavy (non-hydrogen) atoms. The van der Waals surface area contributed by atoms with Gasteiger partial charge < -0.3 is 23.7 Å². The van der Waals surface area contributed by atoms with E-state index in [1.807, 2.05) is 67.4 Å². The van der Waals surface area contributed by atoms with Gasteiger partial charge in [-0.3, -0.25) is 4.79 Å². The van der Waals surface area contributed by atoms with Crippen LogP contribution in [0.2, 0.25) is 0 Å². The molecule has 1 saturated heterocycles. The molecule has 5 heterocycles. The lowest BCUT2D eigenvalue weighted by atomic mass is 10.1. The number of fused-ring (bicyclic) bond motifs is 2. The zero-order valence-electron chi connectivity index (χ0n) is 25.0. The molecule has 6 aromatic rings. The van der Waals surface area contributed by atoms with Gasteiger partial charge in [-0.1, -0.05) is 30.4 Å². The number of hydrogen-bond acceptors (Lipinski definition) is 10. The molecule has 0 bridgehead atoms. The summed E-state index contributed by atoms with van der Waals surface area (Å²) in [5.74, 6) is 1.99. The number of thiazole rings is 1. The number of carbonyl (C=O) groups excluding carboxylic acids is 1. The fraction of sp³-hybridized carbons (Fsp3) is 0.312. The third-order valence-electron chi connectivity index (χ3n) is 7.93. The highest BCUT2D eigenvalue weighted by Gasteiger charge is 2.22. The Morgan fingerprint density at radius 1 is 1.02 bits per heavy atom. The number of piperazine rings is 1. The number of likely N-dealkylation sites (N-methyl/N-ethyl adjacent to an activating group) is 1. The van der Waals surface area contributed by atoms with Crippen LogP contribution < -0.4 is 9.47 Å². The first-order valence-electron chi connectivity index (χ1n) is 14.5. The van der Waals surface area contributed by atoms with E-state index in [9.17, 15) is 4.79 Å². The van der Waals surface area contributed by atoms with Gasteiger partial charge in [0, 0.05) is 54.3 Å². The Labute approximate surface area is 262 Å². The number of hydrogen-bond donors (Lipinski definition) is 0. The molecule has 1 aliphatic rings. The summed E-state index contributed by atoms with van der Waals surface area (Å²) in [6.45, 7) is 10.8. The van der Waals surface area contributed by atoms with Crippen LogP contribution in [-0.4, -0.2) is 75.1 Å². The molecular weight excluding hydrogens is 597 g/mol. The van der Waals surface area contributed by atoms with Crippen LogP contribution in [0.15, 0.2) is 53.1 Å². The Balaban J connectivity index is 1.08. The molecule has 1 fully saturated rings. The number of aromatic nitrogens is 4. The summed E-state index contributed by atoms with van der Waals surface area (Å²) in [5, 5.41) is 7.18. The molecule has 12 heteroatoms. The first kappa shape index (κ1) is 28.5. The zero-order chi connectivity index (χ0) is 30.4. The monoisotopic (exact) mass is 628 g/mol. The highest BCUT2D eigenvalue weighted by atomic mass is 32.1. The number of aryl methyl sites for hydroxylation is 2. The Bertz CT molecular complexity index is 1930. The molecular formula is C32H32N6O4S2. The van der Waals surface area contributed by atoms with Crippen molar-refractivity contribution in [1.82, 2.24) is 29.4 Å². The van der Waals surface area contributed by atoms with Gasteiger partial charge in [0.25, 0.3) is 5.91 Å². The SMILES string of the molecule is CCN1CCN(C(=O)c2ccc(-c3nc(OCc4cc(OC)cc5oc(-c6cn7nc(C)sc7n6)cc45)c(C)s3)cc2)CC1. The second-order valence-corrected chi connectivity index (χ2v) is 13.1. The van der Waals surface area contributed by atoms with Crippen LogP contribution in [0.1, 0.15) is 32.7 Å². The lowest BCUT2D eigenvalue weighted by molar-refractivity contribution is 0.0643. The van der Waals surface area contributed by atoms with Gasteiger partial charge in [-0.25, -0.2) is 14.5 Å². The minimum Gasteiger partial charge on any atom is -0.497 e. The minimum absolute atomic E-state index is 0.0816. The van der Waals surface area contributed by atoms with Gasteiger partial charge in [0.05, 0.1) is 18.2 Å². The second kappa shape index (κ2) is 11.7. The molecule has 0 saturated carbocycles. The van der Waals surface area contributed by atoms with Crippen LogP contribution in [0.3, 0.4) is 0 Å². The molecule has 1 amide bonds. The number of methoxy groups -OCH3 is 1. The maximum Gasteiger partial charge on any atom is 0.253 e. The predicted octanol–water partition coefficient (Wildman–Crippen LogP) is 6.31. The lowest BCUT2D eigenvalue weighted by Gasteiger charge is -2.34. The Hall–Kier alpha value is -4.26. The van der Waals surface area contributed by atoms with E-state index >= 15 is 0 Å². The second-order valence-electron chi connectivity index (χ2n) is 10.8. The first-order chi connectivity index (χ1) is 21.4. The van der Waals surface area contributed by atoms with Gasteiger partial charge in [-0.2, -0.15) is 5.10 Å². The highest BCUT2D eigenvalue weighted by molar-refractivity contribution is 7.16. The third kappa shape index (κ3) is 5.44. The van der Waals surface area contributed by atoms with Crippen molar-refractivity contribution in [1.29, 1.82) is 0 Å². The zero-order valence-corrected chi connectivity index (χ0v) is 26.6. The van der Waals surface area contributed by atoms with E-state index in [4.69, 9.17) is 18.9 Å². The molecule has 0 unspecified atom stereocenters. The molecule has 0 atom stereocenters. The number of carbonyl (C=O) groups is 1. The summed E-state index contributed by atoms with van der Waals surface area (Å²) in [6.07, 6.45) is 1.88. The molecule has 0 N–H and O–H groups in total. The third-order valence-corrected chi connectivity index (χ3v) is 9.77. The number of ether oxygens (including phenoxy) is 2. The van der Waals surface area contributed by atoms with Crippen molar-refractivity contribution in [3.63, 3.8) is 0 Å². The van der Waals surface area contributed by atoms with Crippen LogP contribution >= 0.6 is 22.7 Å². The smallest absolute Gasteiger partial charge is 0.253 e.